The third-order valence-electron chi connectivity index (χ3n) is 6.85. The number of carbonyl (C=O) groups excluding carboxylic acids is 1. The minimum Gasteiger partial charge on any atom is -0.486 e. The van der Waals surface area contributed by atoms with Crippen molar-refractivity contribution in [1.82, 2.24) is 9.80 Å². The van der Waals surface area contributed by atoms with Crippen LogP contribution in [0.1, 0.15) is 29.8 Å². The summed E-state index contributed by atoms with van der Waals surface area (Å²) < 4.78 is 35.6. The molecule has 0 spiro atoms. The van der Waals surface area contributed by atoms with Crippen LogP contribution in [0.2, 0.25) is 5.02 Å². The van der Waals surface area contributed by atoms with Gasteiger partial charge in [0.05, 0.1) is 28.8 Å². The van der Waals surface area contributed by atoms with Crippen LogP contribution in [0.15, 0.2) is 77.7 Å². The molecule has 0 radical (unpaired) electrons. The maximum atomic E-state index is 13.7. The van der Waals surface area contributed by atoms with E-state index in [1.54, 1.807) is 30.0 Å². The first kappa shape index (κ1) is 28.9. The number of likely N-dealkylation sites (N-methyl/N-ethyl adjacent to an activating group) is 1. The van der Waals surface area contributed by atoms with Crippen molar-refractivity contribution in [1.29, 1.82) is 0 Å². The lowest BCUT2D eigenvalue weighted by Gasteiger charge is -2.38. The minimum atomic E-state index is -4.00. The number of ether oxygens (including phenoxy) is 1. The van der Waals surface area contributed by atoms with Gasteiger partial charge in [0.15, 0.2) is 5.75 Å². The number of para-hydroxylation sites is 1. The van der Waals surface area contributed by atoms with Gasteiger partial charge in [0, 0.05) is 30.6 Å². The SMILES string of the molecule is C[C@H]1CN([C@@H](C)CO)C(=O)c2cccc(NS(=O)(=O)c3ccc(Cl)cc3)c2O[C@@H]1CN(C)Cc1ccccc1. The van der Waals surface area contributed by atoms with Crippen LogP contribution in [0.3, 0.4) is 0 Å². The molecule has 3 aromatic carbocycles. The van der Waals surface area contributed by atoms with Crippen molar-refractivity contribution in [2.75, 3.05) is 31.5 Å². The van der Waals surface area contributed by atoms with Crippen molar-refractivity contribution in [2.45, 2.75) is 37.4 Å². The summed E-state index contributed by atoms with van der Waals surface area (Å²) in [6.07, 6.45) is -0.375. The largest absolute Gasteiger partial charge is 0.486 e. The molecule has 3 aromatic rings. The lowest BCUT2D eigenvalue weighted by molar-refractivity contribution is 0.0344. The average Bonchev–Trinajstić information content (AvgIpc) is 2.91. The predicted octanol–water partition coefficient (Wildman–Crippen LogP) is 4.49. The van der Waals surface area contributed by atoms with Crippen LogP contribution < -0.4 is 9.46 Å². The van der Waals surface area contributed by atoms with Crippen LogP contribution in [0.5, 0.6) is 5.75 Å². The Hall–Kier alpha value is -3.11. The van der Waals surface area contributed by atoms with E-state index in [0.717, 1.165) is 5.56 Å². The number of carbonyl (C=O) groups is 1. The highest BCUT2D eigenvalue weighted by molar-refractivity contribution is 7.92. The zero-order valence-electron chi connectivity index (χ0n) is 22.2. The Balaban J connectivity index is 1.71. The van der Waals surface area contributed by atoms with Crippen molar-refractivity contribution >= 4 is 33.2 Å². The first-order valence-electron chi connectivity index (χ1n) is 12.8. The number of amides is 1. The number of aliphatic hydroxyl groups excluding tert-OH is 1. The molecular weight excluding hydrogens is 538 g/mol. The highest BCUT2D eigenvalue weighted by atomic mass is 35.5. The normalized spacial score (nSPS) is 18.6. The summed E-state index contributed by atoms with van der Waals surface area (Å²) in [6, 6.07) is 20.3. The van der Waals surface area contributed by atoms with Crippen LogP contribution in [0.4, 0.5) is 5.69 Å². The number of aliphatic hydroxyl groups is 1. The summed E-state index contributed by atoms with van der Waals surface area (Å²) in [6.45, 7) is 5.19. The molecule has 4 rings (SSSR count). The van der Waals surface area contributed by atoms with Crippen LogP contribution in [0.25, 0.3) is 0 Å². The van der Waals surface area contributed by atoms with Gasteiger partial charge in [-0.15, -0.1) is 0 Å². The number of halogens is 1. The molecule has 0 aromatic heterocycles. The first-order chi connectivity index (χ1) is 18.6. The molecule has 0 saturated heterocycles. The number of sulfonamides is 1. The summed E-state index contributed by atoms with van der Waals surface area (Å²) >= 11 is 5.94. The molecule has 0 bridgehead atoms. The van der Waals surface area contributed by atoms with Gasteiger partial charge < -0.3 is 14.7 Å². The monoisotopic (exact) mass is 571 g/mol. The van der Waals surface area contributed by atoms with E-state index in [1.807, 2.05) is 32.2 Å². The van der Waals surface area contributed by atoms with Crippen LogP contribution in [-0.4, -0.2) is 68.1 Å². The third kappa shape index (κ3) is 6.91. The number of anilines is 1. The van der Waals surface area contributed by atoms with E-state index < -0.39 is 16.1 Å². The summed E-state index contributed by atoms with van der Waals surface area (Å²) in [5.41, 5.74) is 1.55. The fourth-order valence-electron chi connectivity index (χ4n) is 4.63. The average molecular weight is 572 g/mol. The molecule has 208 valence electrons. The van der Waals surface area contributed by atoms with Crippen LogP contribution in [0, 0.1) is 5.92 Å². The molecule has 1 aliphatic rings. The quantitative estimate of drug-likeness (QED) is 0.392. The van der Waals surface area contributed by atoms with Gasteiger partial charge in [0.25, 0.3) is 15.9 Å². The Labute approximate surface area is 235 Å². The molecule has 0 unspecified atom stereocenters. The number of rotatable bonds is 9. The number of nitrogens with zero attached hydrogens (tertiary/aromatic N) is 2. The third-order valence-corrected chi connectivity index (χ3v) is 8.48. The van der Waals surface area contributed by atoms with Gasteiger partial charge in [-0.25, -0.2) is 8.42 Å². The number of hydrogen-bond acceptors (Lipinski definition) is 6. The van der Waals surface area contributed by atoms with E-state index in [4.69, 9.17) is 16.3 Å². The fourth-order valence-corrected chi connectivity index (χ4v) is 5.81. The Morgan fingerprint density at radius 1 is 1.10 bits per heavy atom. The summed E-state index contributed by atoms with van der Waals surface area (Å²) in [4.78, 5) is 17.5. The van der Waals surface area contributed by atoms with E-state index in [1.165, 1.54) is 24.3 Å². The van der Waals surface area contributed by atoms with E-state index in [2.05, 4.69) is 21.8 Å². The van der Waals surface area contributed by atoms with Crippen molar-refractivity contribution in [3.05, 3.63) is 88.9 Å². The lowest BCUT2D eigenvalue weighted by Crippen LogP contribution is -2.49. The molecule has 10 heteroatoms. The highest BCUT2D eigenvalue weighted by Crippen LogP contribution is 2.36. The molecule has 0 saturated carbocycles. The predicted molar refractivity (Wildman–Crippen MR) is 153 cm³/mol. The van der Waals surface area contributed by atoms with Crippen molar-refractivity contribution in [3.63, 3.8) is 0 Å². The molecule has 0 aliphatic carbocycles. The summed E-state index contributed by atoms with van der Waals surface area (Å²) in [5, 5.41) is 10.3. The lowest BCUT2D eigenvalue weighted by atomic mass is 9.99. The molecule has 8 nitrogen and oxygen atoms in total. The number of hydrogen-bond donors (Lipinski definition) is 2. The van der Waals surface area contributed by atoms with Gasteiger partial charge in [0.1, 0.15) is 6.10 Å². The number of nitrogens with one attached hydrogen (secondary N) is 1. The van der Waals surface area contributed by atoms with E-state index >= 15 is 0 Å². The number of fused-ring (bicyclic) bond motifs is 1. The number of benzene rings is 3. The maximum absolute atomic E-state index is 13.7. The van der Waals surface area contributed by atoms with Crippen LogP contribution in [-0.2, 0) is 16.6 Å². The Bertz CT molecular complexity index is 1390. The Morgan fingerprint density at radius 2 is 1.79 bits per heavy atom. The molecule has 1 amide bonds. The second kappa shape index (κ2) is 12.4. The molecular formula is C29H34ClN3O5S. The van der Waals surface area contributed by atoms with Gasteiger partial charge in [-0.05, 0) is 55.9 Å². The van der Waals surface area contributed by atoms with Crippen LogP contribution >= 0.6 is 11.6 Å². The maximum Gasteiger partial charge on any atom is 0.262 e. The van der Waals surface area contributed by atoms with Gasteiger partial charge >= 0.3 is 0 Å². The molecule has 39 heavy (non-hydrogen) atoms. The summed E-state index contributed by atoms with van der Waals surface area (Å²) in [5.74, 6) is -0.280. The van der Waals surface area contributed by atoms with Gasteiger partial charge in [-0.2, -0.15) is 0 Å². The molecule has 1 heterocycles. The topological polar surface area (TPSA) is 99.2 Å². The smallest absolute Gasteiger partial charge is 0.262 e. The Morgan fingerprint density at radius 3 is 2.46 bits per heavy atom. The fraction of sp³-hybridized carbons (Fsp3) is 0.345. The zero-order valence-corrected chi connectivity index (χ0v) is 23.8. The molecule has 0 fully saturated rings. The van der Waals surface area contributed by atoms with Crippen molar-refractivity contribution < 1.29 is 23.1 Å². The second-order valence-corrected chi connectivity index (χ2v) is 12.2. The standard InChI is InChI=1S/C29H34ClN3O5S/c1-20-16-33(21(2)19-34)29(35)25-10-7-11-26(31-39(36,37)24-14-12-23(30)13-15-24)28(25)38-27(20)18-32(3)17-22-8-5-4-6-9-22/h4-15,20-21,27,31,34H,16-19H2,1-3H3/t20-,21-,27+/m0/s1. The molecule has 1 aliphatic heterocycles. The van der Waals surface area contributed by atoms with Gasteiger partial charge in [-0.1, -0.05) is 54.9 Å². The first-order valence-corrected chi connectivity index (χ1v) is 14.7. The molecule has 3 atom stereocenters. The van der Waals surface area contributed by atoms with E-state index in [9.17, 15) is 18.3 Å². The zero-order chi connectivity index (χ0) is 28.2. The second-order valence-electron chi connectivity index (χ2n) is 10.0. The van der Waals surface area contributed by atoms with Crippen molar-refractivity contribution in [2.24, 2.45) is 5.92 Å². The van der Waals surface area contributed by atoms with Gasteiger partial charge in [-0.3, -0.25) is 14.4 Å². The summed E-state index contributed by atoms with van der Waals surface area (Å²) in [7, 11) is -2.00. The van der Waals surface area contributed by atoms with E-state index in [-0.39, 0.29) is 46.4 Å². The minimum absolute atomic E-state index is 0.0321. The van der Waals surface area contributed by atoms with E-state index in [0.29, 0.717) is 24.7 Å². The molecule has 2 N–H and O–H groups in total. The Kier molecular flexibility index (Phi) is 9.17. The van der Waals surface area contributed by atoms with Crippen molar-refractivity contribution in [3.8, 4) is 5.75 Å². The van der Waals surface area contributed by atoms with Gasteiger partial charge in [0.2, 0.25) is 0 Å². The highest BCUT2D eigenvalue weighted by Gasteiger charge is 2.35.